The summed E-state index contributed by atoms with van der Waals surface area (Å²) in [5.74, 6) is 0. The van der Waals surface area contributed by atoms with Gasteiger partial charge in [0.15, 0.2) is 0 Å². The summed E-state index contributed by atoms with van der Waals surface area (Å²) in [5, 5.41) is 0. The molecule has 0 spiro atoms. The third-order valence-corrected chi connectivity index (χ3v) is 3.34. The van der Waals surface area contributed by atoms with E-state index in [1.54, 1.807) is 14.2 Å². The molecular weight excluding hydrogens is 236 g/mol. The first-order chi connectivity index (χ1) is 9.35. The normalized spacial score (nSPS) is 14.0. The minimum atomic E-state index is 0.0476. The Bertz CT molecular complexity index is 422. The number of rotatable bonds is 6. The Labute approximate surface area is 115 Å². The lowest BCUT2D eigenvalue weighted by Gasteiger charge is -2.22. The zero-order valence-corrected chi connectivity index (χ0v) is 11.5. The van der Waals surface area contributed by atoms with Crippen molar-refractivity contribution >= 4 is 0 Å². The summed E-state index contributed by atoms with van der Waals surface area (Å²) in [7, 11) is 3.49. The average molecular weight is 256 g/mol. The molecule has 0 aliphatic rings. The van der Waals surface area contributed by atoms with E-state index in [1.165, 1.54) is 11.1 Å². The van der Waals surface area contributed by atoms with E-state index in [2.05, 4.69) is 24.3 Å². The molecule has 0 aliphatic carbocycles. The molecular formula is C17H20O2. The second-order valence-electron chi connectivity index (χ2n) is 4.51. The van der Waals surface area contributed by atoms with Crippen molar-refractivity contribution in [1.29, 1.82) is 0 Å². The first-order valence-electron chi connectivity index (χ1n) is 6.50. The molecule has 1 unspecified atom stereocenters. The fourth-order valence-electron chi connectivity index (χ4n) is 2.27. The SMILES string of the molecule is COC(C[C@H](OC)c1ccccc1)c1ccccc1. The summed E-state index contributed by atoms with van der Waals surface area (Å²) in [4.78, 5) is 0. The van der Waals surface area contributed by atoms with Crippen molar-refractivity contribution in [3.8, 4) is 0 Å². The number of hydrogen-bond acceptors (Lipinski definition) is 2. The van der Waals surface area contributed by atoms with Crippen LogP contribution >= 0.6 is 0 Å². The molecule has 0 heterocycles. The van der Waals surface area contributed by atoms with Crippen LogP contribution in [0.1, 0.15) is 29.8 Å². The fraction of sp³-hybridized carbons (Fsp3) is 0.294. The Balaban J connectivity index is 2.13. The third kappa shape index (κ3) is 3.66. The summed E-state index contributed by atoms with van der Waals surface area (Å²) in [6, 6.07) is 20.5. The molecule has 0 amide bonds. The van der Waals surface area contributed by atoms with Gasteiger partial charge in [0.1, 0.15) is 0 Å². The minimum Gasteiger partial charge on any atom is -0.377 e. The zero-order chi connectivity index (χ0) is 13.5. The number of ether oxygens (including phenoxy) is 2. The predicted octanol–water partition coefficient (Wildman–Crippen LogP) is 4.15. The van der Waals surface area contributed by atoms with E-state index in [-0.39, 0.29) is 12.2 Å². The molecule has 2 nitrogen and oxygen atoms in total. The van der Waals surface area contributed by atoms with Crippen LogP contribution in [-0.4, -0.2) is 14.2 Å². The van der Waals surface area contributed by atoms with Gasteiger partial charge >= 0.3 is 0 Å². The van der Waals surface area contributed by atoms with Gasteiger partial charge < -0.3 is 9.47 Å². The summed E-state index contributed by atoms with van der Waals surface area (Å²) < 4.78 is 11.2. The second kappa shape index (κ2) is 7.07. The van der Waals surface area contributed by atoms with E-state index in [0.29, 0.717) is 0 Å². The lowest BCUT2D eigenvalue weighted by molar-refractivity contribution is 0.0207. The number of methoxy groups -OCH3 is 2. The molecule has 0 saturated heterocycles. The minimum absolute atomic E-state index is 0.0476. The van der Waals surface area contributed by atoms with Crippen molar-refractivity contribution in [3.63, 3.8) is 0 Å². The van der Waals surface area contributed by atoms with Crippen LogP contribution in [0.15, 0.2) is 60.7 Å². The van der Waals surface area contributed by atoms with Crippen molar-refractivity contribution in [2.24, 2.45) is 0 Å². The highest BCUT2D eigenvalue weighted by molar-refractivity contribution is 5.21. The van der Waals surface area contributed by atoms with Gasteiger partial charge in [0.05, 0.1) is 12.2 Å². The highest BCUT2D eigenvalue weighted by Crippen LogP contribution is 2.30. The van der Waals surface area contributed by atoms with Gasteiger partial charge in [-0.05, 0) is 11.1 Å². The summed E-state index contributed by atoms with van der Waals surface area (Å²) in [5.41, 5.74) is 2.37. The Morgan fingerprint density at radius 1 is 0.684 bits per heavy atom. The Hall–Kier alpha value is -1.64. The van der Waals surface area contributed by atoms with E-state index >= 15 is 0 Å². The van der Waals surface area contributed by atoms with Gasteiger partial charge in [-0.15, -0.1) is 0 Å². The van der Waals surface area contributed by atoms with Crippen molar-refractivity contribution in [2.75, 3.05) is 14.2 Å². The van der Waals surface area contributed by atoms with Crippen LogP contribution in [0.3, 0.4) is 0 Å². The fourth-order valence-corrected chi connectivity index (χ4v) is 2.27. The van der Waals surface area contributed by atoms with Crippen LogP contribution in [-0.2, 0) is 9.47 Å². The molecule has 0 saturated carbocycles. The molecule has 0 bridgehead atoms. The van der Waals surface area contributed by atoms with E-state index < -0.39 is 0 Å². The van der Waals surface area contributed by atoms with Gasteiger partial charge in [0, 0.05) is 20.6 Å². The summed E-state index contributed by atoms with van der Waals surface area (Å²) in [6.07, 6.45) is 0.902. The maximum Gasteiger partial charge on any atom is 0.0849 e. The zero-order valence-electron chi connectivity index (χ0n) is 11.5. The Morgan fingerprint density at radius 3 is 1.37 bits per heavy atom. The molecule has 0 aromatic heterocycles. The van der Waals surface area contributed by atoms with Crippen LogP contribution < -0.4 is 0 Å². The quantitative estimate of drug-likeness (QED) is 0.773. The topological polar surface area (TPSA) is 18.5 Å². The molecule has 2 aromatic carbocycles. The molecule has 19 heavy (non-hydrogen) atoms. The molecule has 0 radical (unpaired) electrons. The van der Waals surface area contributed by atoms with E-state index in [4.69, 9.17) is 9.47 Å². The van der Waals surface area contributed by atoms with Crippen LogP contribution in [0.5, 0.6) is 0 Å². The molecule has 0 N–H and O–H groups in total. The van der Waals surface area contributed by atoms with Crippen LogP contribution in [0.2, 0.25) is 0 Å². The van der Waals surface area contributed by atoms with Gasteiger partial charge in [0.2, 0.25) is 0 Å². The second-order valence-corrected chi connectivity index (χ2v) is 4.51. The highest BCUT2D eigenvalue weighted by Gasteiger charge is 2.18. The van der Waals surface area contributed by atoms with Crippen LogP contribution in [0, 0.1) is 0 Å². The standard InChI is InChI=1S/C17H20O2/c1-18-16(14-9-5-3-6-10-14)13-17(19-2)15-11-7-4-8-12-15/h3-12,16-17H,13H2,1-2H3/t16-,17?/m0/s1. The van der Waals surface area contributed by atoms with Gasteiger partial charge in [-0.3, -0.25) is 0 Å². The third-order valence-electron chi connectivity index (χ3n) is 3.34. The molecule has 2 rings (SSSR count). The number of hydrogen-bond donors (Lipinski definition) is 0. The lowest BCUT2D eigenvalue weighted by Crippen LogP contribution is -2.10. The summed E-state index contributed by atoms with van der Waals surface area (Å²) in [6.45, 7) is 0. The van der Waals surface area contributed by atoms with Crippen molar-refractivity contribution in [3.05, 3.63) is 71.8 Å². The molecule has 2 atom stereocenters. The van der Waals surface area contributed by atoms with Crippen LogP contribution in [0.25, 0.3) is 0 Å². The Kier molecular flexibility index (Phi) is 5.13. The van der Waals surface area contributed by atoms with Gasteiger partial charge in [-0.2, -0.15) is 0 Å². The van der Waals surface area contributed by atoms with Gasteiger partial charge in [-0.25, -0.2) is 0 Å². The maximum absolute atomic E-state index is 5.61. The van der Waals surface area contributed by atoms with E-state index in [0.717, 1.165) is 6.42 Å². The van der Waals surface area contributed by atoms with Gasteiger partial charge in [0.25, 0.3) is 0 Å². The molecule has 2 heteroatoms. The summed E-state index contributed by atoms with van der Waals surface area (Å²) >= 11 is 0. The van der Waals surface area contributed by atoms with Crippen molar-refractivity contribution in [2.45, 2.75) is 18.6 Å². The molecule has 100 valence electrons. The van der Waals surface area contributed by atoms with E-state index in [1.807, 2.05) is 36.4 Å². The van der Waals surface area contributed by atoms with E-state index in [9.17, 15) is 0 Å². The lowest BCUT2D eigenvalue weighted by atomic mass is 9.98. The maximum atomic E-state index is 5.61. The predicted molar refractivity (Wildman–Crippen MR) is 77.0 cm³/mol. The first kappa shape index (κ1) is 13.8. The molecule has 0 fully saturated rings. The van der Waals surface area contributed by atoms with Crippen LogP contribution in [0.4, 0.5) is 0 Å². The first-order valence-corrected chi connectivity index (χ1v) is 6.50. The highest BCUT2D eigenvalue weighted by atomic mass is 16.5. The van der Waals surface area contributed by atoms with Gasteiger partial charge in [-0.1, -0.05) is 60.7 Å². The van der Waals surface area contributed by atoms with Crippen molar-refractivity contribution in [1.82, 2.24) is 0 Å². The Morgan fingerprint density at radius 2 is 1.05 bits per heavy atom. The number of benzene rings is 2. The smallest absolute Gasteiger partial charge is 0.0849 e. The monoisotopic (exact) mass is 256 g/mol. The largest absolute Gasteiger partial charge is 0.377 e. The molecule has 2 aromatic rings. The molecule has 0 aliphatic heterocycles. The van der Waals surface area contributed by atoms with Crippen molar-refractivity contribution < 1.29 is 9.47 Å². The average Bonchev–Trinajstić information content (AvgIpc) is 2.50.